The third-order valence-electron chi connectivity index (χ3n) is 4.19. The highest BCUT2D eigenvalue weighted by Crippen LogP contribution is 2.26. The van der Waals surface area contributed by atoms with Gasteiger partial charge in [-0.05, 0) is 38.1 Å². The summed E-state index contributed by atoms with van der Waals surface area (Å²) in [6, 6.07) is 11.2. The first-order chi connectivity index (χ1) is 12.7. The first-order valence-corrected chi connectivity index (χ1v) is 9.73. The molecule has 1 amide bonds. The van der Waals surface area contributed by atoms with E-state index in [1.807, 2.05) is 32.0 Å². The smallest absolute Gasteiger partial charge is 0.264 e. The van der Waals surface area contributed by atoms with E-state index in [1.54, 1.807) is 13.2 Å². The van der Waals surface area contributed by atoms with Crippen molar-refractivity contribution in [1.82, 2.24) is 9.79 Å². The second-order valence-electron chi connectivity index (χ2n) is 6.07. The van der Waals surface area contributed by atoms with Crippen LogP contribution in [0, 0.1) is 6.92 Å². The van der Waals surface area contributed by atoms with E-state index in [-0.39, 0.29) is 22.4 Å². The molecule has 0 bridgehead atoms. The van der Waals surface area contributed by atoms with E-state index in [0.29, 0.717) is 5.75 Å². The Bertz CT molecular complexity index is 927. The summed E-state index contributed by atoms with van der Waals surface area (Å²) in [7, 11) is 0.283. The molecule has 146 valence electrons. The molecule has 7 nitrogen and oxygen atoms in total. The van der Waals surface area contributed by atoms with Crippen molar-refractivity contribution < 1.29 is 22.8 Å². The molecular weight excluding hydrogens is 368 g/mol. The Morgan fingerprint density at radius 1 is 1.15 bits per heavy atom. The minimum Gasteiger partial charge on any atom is -0.496 e. The number of benzene rings is 2. The molecule has 2 aromatic rings. The Kier molecular flexibility index (Phi) is 6.59. The van der Waals surface area contributed by atoms with E-state index in [2.05, 4.69) is 5.32 Å². The van der Waals surface area contributed by atoms with Crippen LogP contribution in [0.1, 0.15) is 34.5 Å². The van der Waals surface area contributed by atoms with Crippen molar-refractivity contribution >= 4 is 15.9 Å². The number of ether oxygens (including phenoxy) is 1. The Balaban J connectivity index is 2.27. The van der Waals surface area contributed by atoms with Crippen LogP contribution in [0.2, 0.25) is 0 Å². The predicted molar refractivity (Wildman–Crippen MR) is 102 cm³/mol. The lowest BCUT2D eigenvalue weighted by Crippen LogP contribution is -2.28. The highest BCUT2D eigenvalue weighted by atomic mass is 32.2. The van der Waals surface area contributed by atoms with Gasteiger partial charge in [-0.25, -0.2) is 8.42 Å². The predicted octanol–water partition coefficient (Wildman–Crippen LogP) is 2.68. The van der Waals surface area contributed by atoms with Gasteiger partial charge in [0.05, 0.1) is 25.2 Å². The largest absolute Gasteiger partial charge is 0.496 e. The molecule has 8 heteroatoms. The number of nitrogens with zero attached hydrogens (tertiary/aromatic N) is 1. The fourth-order valence-corrected chi connectivity index (χ4v) is 3.61. The van der Waals surface area contributed by atoms with Crippen molar-refractivity contribution in [3.05, 3.63) is 59.2 Å². The van der Waals surface area contributed by atoms with Crippen molar-refractivity contribution in [3.8, 4) is 5.75 Å². The van der Waals surface area contributed by atoms with Crippen LogP contribution >= 0.6 is 0 Å². The molecule has 0 aliphatic rings. The maximum absolute atomic E-state index is 12.6. The van der Waals surface area contributed by atoms with Crippen molar-refractivity contribution in [2.45, 2.75) is 24.8 Å². The molecule has 1 N–H and O–H groups in total. The van der Waals surface area contributed by atoms with Crippen LogP contribution in [0.5, 0.6) is 5.75 Å². The summed E-state index contributed by atoms with van der Waals surface area (Å²) in [5, 5.41) is 2.88. The molecule has 0 spiro atoms. The van der Waals surface area contributed by atoms with Gasteiger partial charge < -0.3 is 10.1 Å². The standard InChI is InChI=1S/C19H24N2O5S/c1-13-9-10-18(25-4)17(11-13)14(2)20-19(22)15-7-6-8-16(12-15)27(23,24)21(3)26-5/h6-12,14H,1-5H3,(H,20,22). The molecule has 2 aromatic carbocycles. The van der Waals surface area contributed by atoms with Gasteiger partial charge in [0.2, 0.25) is 0 Å². The van der Waals surface area contributed by atoms with Crippen LogP contribution in [0.3, 0.4) is 0 Å². The van der Waals surface area contributed by atoms with Crippen LogP contribution in [0.15, 0.2) is 47.4 Å². The summed E-state index contributed by atoms with van der Waals surface area (Å²) >= 11 is 0. The maximum Gasteiger partial charge on any atom is 0.264 e. The lowest BCUT2D eigenvalue weighted by molar-refractivity contribution is -0.0258. The van der Waals surface area contributed by atoms with Gasteiger partial charge in [-0.15, -0.1) is 0 Å². The summed E-state index contributed by atoms with van der Waals surface area (Å²) in [6.45, 7) is 3.80. The third kappa shape index (κ3) is 4.65. The van der Waals surface area contributed by atoms with E-state index in [4.69, 9.17) is 9.57 Å². The molecular formula is C19H24N2O5S. The topological polar surface area (TPSA) is 84.9 Å². The number of nitrogens with one attached hydrogen (secondary N) is 1. The molecule has 1 atom stereocenters. The number of carbonyl (C=O) groups excluding carboxylic acids is 1. The molecule has 0 aromatic heterocycles. The minimum atomic E-state index is -3.83. The highest BCUT2D eigenvalue weighted by Gasteiger charge is 2.22. The molecule has 0 aliphatic carbocycles. The number of hydrogen-bond acceptors (Lipinski definition) is 5. The fourth-order valence-electron chi connectivity index (χ4n) is 2.59. The highest BCUT2D eigenvalue weighted by molar-refractivity contribution is 7.89. The lowest BCUT2D eigenvalue weighted by Gasteiger charge is -2.18. The number of aryl methyl sites for hydroxylation is 1. The van der Waals surface area contributed by atoms with E-state index >= 15 is 0 Å². The van der Waals surface area contributed by atoms with Crippen LogP contribution in [0.25, 0.3) is 0 Å². The van der Waals surface area contributed by atoms with E-state index in [9.17, 15) is 13.2 Å². The number of hydrogen-bond donors (Lipinski definition) is 1. The second kappa shape index (κ2) is 8.51. The van der Waals surface area contributed by atoms with Gasteiger partial charge in [-0.3, -0.25) is 9.63 Å². The zero-order valence-electron chi connectivity index (χ0n) is 16.0. The van der Waals surface area contributed by atoms with Gasteiger partial charge in [0.25, 0.3) is 15.9 Å². The number of rotatable bonds is 7. The molecule has 0 radical (unpaired) electrons. The number of methoxy groups -OCH3 is 1. The second-order valence-corrected chi connectivity index (χ2v) is 8.00. The molecule has 0 saturated carbocycles. The van der Waals surface area contributed by atoms with Crippen LogP contribution in [-0.2, 0) is 14.9 Å². The molecule has 2 rings (SSSR count). The van der Waals surface area contributed by atoms with Gasteiger partial charge in [0.15, 0.2) is 0 Å². The van der Waals surface area contributed by atoms with Gasteiger partial charge in [0, 0.05) is 18.2 Å². The van der Waals surface area contributed by atoms with Crippen LogP contribution in [0.4, 0.5) is 0 Å². The lowest BCUT2D eigenvalue weighted by atomic mass is 10.0. The van der Waals surface area contributed by atoms with Gasteiger partial charge in [-0.1, -0.05) is 28.2 Å². The Labute approximate surface area is 159 Å². The van der Waals surface area contributed by atoms with Gasteiger partial charge >= 0.3 is 0 Å². The van der Waals surface area contributed by atoms with Gasteiger partial charge in [-0.2, -0.15) is 0 Å². The van der Waals surface area contributed by atoms with Crippen LogP contribution in [-0.4, -0.2) is 40.1 Å². The normalized spacial score (nSPS) is 12.7. The Morgan fingerprint density at radius 2 is 1.85 bits per heavy atom. The molecule has 27 heavy (non-hydrogen) atoms. The van der Waals surface area contributed by atoms with Crippen molar-refractivity contribution in [2.24, 2.45) is 0 Å². The van der Waals surface area contributed by atoms with Crippen molar-refractivity contribution in [2.75, 3.05) is 21.3 Å². The summed E-state index contributed by atoms with van der Waals surface area (Å²) in [5.74, 6) is 0.287. The Hall–Kier alpha value is -2.42. The number of hydroxylamine groups is 1. The van der Waals surface area contributed by atoms with E-state index in [0.717, 1.165) is 15.6 Å². The zero-order chi connectivity index (χ0) is 20.2. The summed E-state index contributed by atoms with van der Waals surface area (Å²) in [4.78, 5) is 17.4. The number of carbonyl (C=O) groups is 1. The third-order valence-corrected chi connectivity index (χ3v) is 5.86. The summed E-state index contributed by atoms with van der Waals surface area (Å²) in [5.41, 5.74) is 2.12. The van der Waals surface area contributed by atoms with E-state index < -0.39 is 10.0 Å². The summed E-state index contributed by atoms with van der Waals surface area (Å²) in [6.07, 6.45) is 0. The molecule has 0 saturated heterocycles. The fraction of sp³-hybridized carbons (Fsp3) is 0.316. The zero-order valence-corrected chi connectivity index (χ0v) is 16.8. The SMILES string of the molecule is COc1ccc(C)cc1C(C)NC(=O)c1cccc(S(=O)(=O)N(C)OC)c1. The summed E-state index contributed by atoms with van der Waals surface area (Å²) < 4.78 is 30.8. The van der Waals surface area contributed by atoms with Crippen LogP contribution < -0.4 is 10.1 Å². The maximum atomic E-state index is 12.6. The minimum absolute atomic E-state index is 0.0275. The monoisotopic (exact) mass is 392 g/mol. The average molecular weight is 392 g/mol. The van der Waals surface area contributed by atoms with E-state index in [1.165, 1.54) is 32.4 Å². The average Bonchev–Trinajstić information content (AvgIpc) is 2.67. The Morgan fingerprint density at radius 3 is 2.48 bits per heavy atom. The number of amides is 1. The first kappa shape index (κ1) is 20.9. The molecule has 0 aliphatic heterocycles. The first-order valence-electron chi connectivity index (χ1n) is 8.29. The van der Waals surface area contributed by atoms with Gasteiger partial charge in [0.1, 0.15) is 5.75 Å². The molecule has 0 fully saturated rings. The quantitative estimate of drug-likeness (QED) is 0.733. The van der Waals surface area contributed by atoms with Crippen molar-refractivity contribution in [3.63, 3.8) is 0 Å². The number of sulfonamides is 1. The molecule has 1 unspecified atom stereocenters. The van der Waals surface area contributed by atoms with Crippen molar-refractivity contribution in [1.29, 1.82) is 0 Å². The molecule has 0 heterocycles.